The Morgan fingerprint density at radius 2 is 1.04 bits per heavy atom. The summed E-state index contributed by atoms with van der Waals surface area (Å²) >= 11 is 1.62. The molecule has 4 rings (SSSR count). The third-order valence-electron chi connectivity index (χ3n) is 4.20. The molecule has 0 N–H and O–H groups in total. The summed E-state index contributed by atoms with van der Waals surface area (Å²) in [6.45, 7) is 0. The van der Waals surface area contributed by atoms with Crippen LogP contribution in [0, 0.1) is 0 Å². The van der Waals surface area contributed by atoms with Gasteiger partial charge in [-0.05, 0) is 17.7 Å². The average Bonchev–Trinajstić information content (AvgIpc) is 3.20. The Balaban J connectivity index is 1.89. The van der Waals surface area contributed by atoms with Crippen molar-refractivity contribution in [1.82, 2.24) is 0 Å². The van der Waals surface area contributed by atoms with E-state index in [1.54, 1.807) is 11.3 Å². The minimum Gasteiger partial charge on any atom is -0.308 e. The van der Waals surface area contributed by atoms with Crippen LogP contribution in [0.2, 0.25) is 0 Å². The van der Waals surface area contributed by atoms with Crippen molar-refractivity contribution in [1.29, 1.82) is 0 Å². The van der Waals surface area contributed by atoms with E-state index >= 15 is 0 Å². The van der Waals surface area contributed by atoms with Crippen LogP contribution in [0.3, 0.4) is 0 Å². The van der Waals surface area contributed by atoms with Crippen LogP contribution in [0.5, 0.6) is 0 Å². The number of hydrogen-bond acceptors (Lipinski definition) is 2. The fourth-order valence-electron chi connectivity index (χ4n) is 2.93. The van der Waals surface area contributed by atoms with Gasteiger partial charge in [0.2, 0.25) is 0 Å². The Morgan fingerprint density at radius 3 is 1.56 bits per heavy atom. The predicted octanol–water partition coefficient (Wildman–Crippen LogP) is 5.05. The summed E-state index contributed by atoms with van der Waals surface area (Å²) in [6.07, 6.45) is 0. The van der Waals surface area contributed by atoms with Gasteiger partial charge in [0, 0.05) is 15.5 Å². The lowest BCUT2D eigenvalue weighted by Gasteiger charge is -2.17. The molecule has 0 spiro atoms. The molecule has 0 amide bonds. The largest absolute Gasteiger partial charge is 0.308 e. The molecule has 0 saturated heterocycles. The van der Waals surface area contributed by atoms with E-state index in [1.807, 2.05) is 84.9 Å². The summed E-state index contributed by atoms with van der Waals surface area (Å²) in [4.78, 5) is 1.14. The van der Waals surface area contributed by atoms with Crippen molar-refractivity contribution in [2.75, 3.05) is 0 Å². The average molecular weight is 360 g/mol. The van der Waals surface area contributed by atoms with Crippen LogP contribution >= 0.6 is 18.5 Å². The van der Waals surface area contributed by atoms with Gasteiger partial charge in [0.15, 0.2) is 7.14 Å². The summed E-state index contributed by atoms with van der Waals surface area (Å²) in [7, 11) is -2.86. The molecule has 0 radical (unpaired) electrons. The smallest absolute Gasteiger partial charge is 0.180 e. The first-order valence-electron chi connectivity index (χ1n) is 8.15. The molecule has 0 unspecified atom stereocenters. The Kier molecular flexibility index (Phi) is 4.40. The van der Waals surface area contributed by atoms with E-state index < -0.39 is 7.14 Å². The molecule has 0 aliphatic rings. The topological polar surface area (TPSA) is 17.1 Å². The SMILES string of the molecule is O=P(c1ccccc1)(c1ccccc1)c1ccc(-c2ccccc2)s1. The maximum absolute atomic E-state index is 14.3. The highest BCUT2D eigenvalue weighted by molar-refractivity contribution is 7.89. The Morgan fingerprint density at radius 1 is 0.560 bits per heavy atom. The quantitative estimate of drug-likeness (QED) is 0.465. The van der Waals surface area contributed by atoms with Crippen molar-refractivity contribution < 1.29 is 4.57 Å². The number of hydrogen-bond donors (Lipinski definition) is 0. The molecule has 25 heavy (non-hydrogen) atoms. The number of benzene rings is 3. The molecular weight excluding hydrogens is 343 g/mol. The van der Waals surface area contributed by atoms with Crippen LogP contribution in [0.4, 0.5) is 0 Å². The molecule has 122 valence electrons. The molecule has 0 saturated carbocycles. The van der Waals surface area contributed by atoms with Crippen LogP contribution in [-0.2, 0) is 4.57 Å². The van der Waals surface area contributed by atoms with Gasteiger partial charge in [0.25, 0.3) is 0 Å². The van der Waals surface area contributed by atoms with Gasteiger partial charge < -0.3 is 4.57 Å². The Labute approximate surface area is 152 Å². The first-order valence-corrected chi connectivity index (χ1v) is 10.7. The summed E-state index contributed by atoms with van der Waals surface area (Å²) in [5, 5.41) is 1.75. The van der Waals surface area contributed by atoms with E-state index in [4.69, 9.17) is 0 Å². The summed E-state index contributed by atoms with van der Waals surface area (Å²) in [5.41, 5.74) is 1.16. The first-order chi connectivity index (χ1) is 12.3. The minimum absolute atomic E-state index is 0.877. The summed E-state index contributed by atoms with van der Waals surface area (Å²) < 4.78 is 15.2. The van der Waals surface area contributed by atoms with Gasteiger partial charge in [-0.25, -0.2) is 0 Å². The highest BCUT2D eigenvalue weighted by atomic mass is 32.1. The van der Waals surface area contributed by atoms with Gasteiger partial charge in [0.1, 0.15) is 0 Å². The van der Waals surface area contributed by atoms with Gasteiger partial charge in [-0.3, -0.25) is 0 Å². The summed E-state index contributed by atoms with van der Waals surface area (Å²) in [6, 6.07) is 34.0. The van der Waals surface area contributed by atoms with E-state index in [0.717, 1.165) is 25.7 Å². The molecule has 1 nitrogen and oxygen atoms in total. The zero-order valence-corrected chi connectivity index (χ0v) is 15.3. The predicted molar refractivity (Wildman–Crippen MR) is 109 cm³/mol. The number of thiophene rings is 1. The van der Waals surface area contributed by atoms with E-state index in [-0.39, 0.29) is 0 Å². The lowest BCUT2D eigenvalue weighted by molar-refractivity contribution is 0.593. The minimum atomic E-state index is -2.86. The Hall–Kier alpha value is -2.41. The molecule has 0 atom stereocenters. The Bertz CT molecular complexity index is 964. The molecule has 1 heterocycles. The van der Waals surface area contributed by atoms with Crippen LogP contribution in [-0.4, -0.2) is 0 Å². The maximum atomic E-state index is 14.3. The lowest BCUT2D eigenvalue weighted by Crippen LogP contribution is -2.22. The van der Waals surface area contributed by atoms with Crippen LogP contribution < -0.4 is 15.2 Å². The molecule has 0 aliphatic heterocycles. The maximum Gasteiger partial charge on any atom is 0.180 e. The molecule has 0 fully saturated rings. The van der Waals surface area contributed by atoms with Crippen LogP contribution in [0.15, 0.2) is 103 Å². The van der Waals surface area contributed by atoms with Gasteiger partial charge in [-0.1, -0.05) is 91.0 Å². The van der Waals surface area contributed by atoms with Gasteiger partial charge >= 0.3 is 0 Å². The molecule has 4 aromatic rings. The highest BCUT2D eigenvalue weighted by Crippen LogP contribution is 2.45. The van der Waals surface area contributed by atoms with Crippen LogP contribution in [0.1, 0.15) is 0 Å². The van der Waals surface area contributed by atoms with E-state index in [9.17, 15) is 4.57 Å². The molecule has 3 heteroatoms. The fraction of sp³-hybridized carbons (Fsp3) is 0. The second kappa shape index (κ2) is 6.84. The molecule has 3 aromatic carbocycles. The standard InChI is InChI=1S/C22H17OPS/c23-24(19-12-6-2-7-13-19,20-14-8-3-9-15-20)22-17-16-21(25-22)18-10-4-1-5-11-18/h1-17H. The second-order valence-corrected chi connectivity index (χ2v) is 9.90. The van der Waals surface area contributed by atoms with Crippen LogP contribution in [0.25, 0.3) is 10.4 Å². The van der Waals surface area contributed by atoms with Crippen molar-refractivity contribution in [2.24, 2.45) is 0 Å². The summed E-state index contributed by atoms with van der Waals surface area (Å²) in [5.74, 6) is 0. The zero-order valence-electron chi connectivity index (χ0n) is 13.6. The van der Waals surface area contributed by atoms with Crippen molar-refractivity contribution in [2.45, 2.75) is 0 Å². The number of rotatable bonds is 4. The van der Waals surface area contributed by atoms with Crippen molar-refractivity contribution in [3.63, 3.8) is 0 Å². The highest BCUT2D eigenvalue weighted by Gasteiger charge is 2.31. The molecule has 1 aromatic heterocycles. The third-order valence-corrected chi connectivity index (χ3v) is 9.00. The van der Waals surface area contributed by atoms with Crippen molar-refractivity contribution >= 4 is 33.7 Å². The normalized spacial score (nSPS) is 11.4. The first kappa shape index (κ1) is 16.1. The third kappa shape index (κ3) is 3.00. The second-order valence-electron chi connectivity index (χ2n) is 5.78. The van der Waals surface area contributed by atoms with Gasteiger partial charge in [-0.15, -0.1) is 11.3 Å². The van der Waals surface area contributed by atoms with E-state index in [0.29, 0.717) is 0 Å². The van der Waals surface area contributed by atoms with Crippen molar-refractivity contribution in [3.05, 3.63) is 103 Å². The van der Waals surface area contributed by atoms with E-state index in [1.165, 1.54) is 0 Å². The monoisotopic (exact) mass is 360 g/mol. The van der Waals surface area contributed by atoms with Gasteiger partial charge in [0.05, 0.1) is 4.62 Å². The molecule has 0 bridgehead atoms. The van der Waals surface area contributed by atoms with E-state index in [2.05, 4.69) is 18.2 Å². The molecule has 0 aliphatic carbocycles. The van der Waals surface area contributed by atoms with Crippen molar-refractivity contribution in [3.8, 4) is 10.4 Å². The molecular formula is C22H17OPS. The zero-order chi connectivity index (χ0) is 17.1. The lowest BCUT2D eigenvalue weighted by atomic mass is 10.2. The van der Waals surface area contributed by atoms with Gasteiger partial charge in [-0.2, -0.15) is 0 Å². The fourth-order valence-corrected chi connectivity index (χ4v) is 7.40.